The van der Waals surface area contributed by atoms with Gasteiger partial charge in [-0.15, -0.1) is 0 Å². The number of H-pyrrole nitrogens is 1. The van der Waals surface area contributed by atoms with Crippen LogP contribution in [-0.4, -0.2) is 261 Å². The Bertz CT molecular complexity index is 3780. The number of rotatable bonds is 55. The number of nitrogens with two attached hydrogens (primary N) is 6. The van der Waals surface area contributed by atoms with Gasteiger partial charge in [-0.25, -0.2) is 9.78 Å². The maximum absolute atomic E-state index is 14.9. The molecule has 0 spiro atoms. The number of guanidine groups is 3. The van der Waals surface area contributed by atoms with E-state index in [0.717, 1.165) is 6.42 Å². The molecule has 0 unspecified atom stereocenters. The molecular formula is C74H123N25O19S. The molecule has 119 heavy (non-hydrogen) atoms. The van der Waals surface area contributed by atoms with E-state index < -0.39 is 211 Å². The van der Waals surface area contributed by atoms with Crippen molar-refractivity contribution in [3.63, 3.8) is 0 Å². The Hall–Kier alpha value is -11.6. The van der Waals surface area contributed by atoms with Crippen LogP contribution in [0.1, 0.15) is 150 Å². The summed E-state index contributed by atoms with van der Waals surface area (Å²) >= 11 is 3.99. The van der Waals surface area contributed by atoms with Gasteiger partial charge < -0.3 is 134 Å². The van der Waals surface area contributed by atoms with Crippen LogP contribution in [0.2, 0.25) is 0 Å². The van der Waals surface area contributed by atoms with Gasteiger partial charge in [0.2, 0.25) is 76.8 Å². The van der Waals surface area contributed by atoms with E-state index in [0.29, 0.717) is 24.2 Å². The average molecular weight is 1700 g/mol. The van der Waals surface area contributed by atoms with Gasteiger partial charge in [-0.05, 0) is 112 Å². The van der Waals surface area contributed by atoms with Gasteiger partial charge in [0.1, 0.15) is 78.3 Å². The van der Waals surface area contributed by atoms with Crippen LogP contribution in [0.4, 0.5) is 0 Å². The third-order valence-corrected chi connectivity index (χ3v) is 19.6. The molecule has 1 aliphatic rings. The molecule has 2 heterocycles. The SMILES string of the molecule is CC[C@H](C)[C@H](NC(=O)[C@H](CCCN=C(N)N)NC(=O)[C@H](CCCN=C(N)N)NC(=O)[C@@H](NC(=O)[C@@H](NC(=O)[C@H](CCCN=C(N)N)NC(=O)[C@H](CO)NC(=O)CNC(=O)[C@H](Cc1ccc(O)cc1)NC(=O)[C@@H]1CCCN1)C(C)C)[C@@H](C)CC)C(=O)N[C@@H](CC(C)C)C(=O)N[C@@H](CCC(=O)O)C(=O)N[C@@H](Cc1cnc[nH]1)C(=O)N[C@@H](CS)C(=O)O. The first kappa shape index (κ1) is 102. The monoisotopic (exact) mass is 1700 g/mol. The Morgan fingerprint density at radius 2 is 0.933 bits per heavy atom. The van der Waals surface area contributed by atoms with Gasteiger partial charge in [-0.2, -0.15) is 12.6 Å². The minimum atomic E-state index is -1.73. The van der Waals surface area contributed by atoms with E-state index in [1.807, 2.05) is 0 Å². The van der Waals surface area contributed by atoms with E-state index >= 15 is 0 Å². The number of carbonyl (C=O) groups is 15. The molecule has 0 aliphatic carbocycles. The van der Waals surface area contributed by atoms with Gasteiger partial charge in [0, 0.05) is 56.5 Å². The van der Waals surface area contributed by atoms with Crippen molar-refractivity contribution in [1.29, 1.82) is 0 Å². The number of carboxylic acid groups (broad SMARTS) is 2. The quantitative estimate of drug-likeness (QED) is 0.0127. The number of aromatic hydroxyl groups is 1. The van der Waals surface area contributed by atoms with E-state index in [2.05, 4.69) is 112 Å². The highest BCUT2D eigenvalue weighted by Crippen LogP contribution is 2.18. The van der Waals surface area contributed by atoms with Crippen molar-refractivity contribution in [1.82, 2.24) is 84.4 Å². The number of thiol groups is 1. The van der Waals surface area contributed by atoms with Crippen LogP contribution in [-0.2, 0) is 84.8 Å². The number of aliphatic hydroxyl groups is 1. The van der Waals surface area contributed by atoms with Crippen molar-refractivity contribution < 1.29 is 92.3 Å². The number of benzene rings is 1. The van der Waals surface area contributed by atoms with Crippen molar-refractivity contribution >= 4 is 119 Å². The Balaban J connectivity index is 1.96. The fourth-order valence-corrected chi connectivity index (χ4v) is 12.4. The average Bonchev–Trinajstić information content (AvgIpc) is 1.25. The summed E-state index contributed by atoms with van der Waals surface area (Å²) in [6.07, 6.45) is 2.20. The molecule has 15 atom stereocenters. The van der Waals surface area contributed by atoms with Crippen molar-refractivity contribution in [2.24, 2.45) is 73.1 Å². The van der Waals surface area contributed by atoms with Gasteiger partial charge in [0.25, 0.3) is 0 Å². The minimum absolute atomic E-state index is 0.0259. The zero-order valence-corrected chi connectivity index (χ0v) is 69.3. The molecule has 44 nitrogen and oxygen atoms in total. The van der Waals surface area contributed by atoms with Crippen LogP contribution in [0.15, 0.2) is 51.8 Å². The second-order valence-electron chi connectivity index (χ2n) is 29.7. The number of phenols is 1. The molecule has 13 amide bonds. The Morgan fingerprint density at radius 3 is 1.36 bits per heavy atom. The fraction of sp³-hybridized carbons (Fsp3) is 0.635. The van der Waals surface area contributed by atoms with E-state index in [1.165, 1.54) is 24.7 Å². The highest BCUT2D eigenvalue weighted by Gasteiger charge is 2.40. The molecule has 0 radical (unpaired) electrons. The Labute approximate surface area is 695 Å². The van der Waals surface area contributed by atoms with Gasteiger partial charge in [0.15, 0.2) is 17.9 Å². The third kappa shape index (κ3) is 37.7. The Kier molecular flexibility index (Phi) is 45.2. The second-order valence-corrected chi connectivity index (χ2v) is 30.1. The molecule has 1 aromatic carbocycles. The zero-order chi connectivity index (χ0) is 89.2. The predicted octanol–water partition coefficient (Wildman–Crippen LogP) is -6.59. The highest BCUT2D eigenvalue weighted by molar-refractivity contribution is 7.80. The van der Waals surface area contributed by atoms with Crippen LogP contribution in [0.25, 0.3) is 0 Å². The first-order valence-corrected chi connectivity index (χ1v) is 40.1. The van der Waals surface area contributed by atoms with Gasteiger partial charge in [0.05, 0.1) is 25.5 Å². The number of aliphatic imine (C=N–C) groups is 3. The summed E-state index contributed by atoms with van der Waals surface area (Å²) in [7, 11) is 0. The highest BCUT2D eigenvalue weighted by atomic mass is 32.1. The third-order valence-electron chi connectivity index (χ3n) is 19.2. The van der Waals surface area contributed by atoms with Crippen molar-refractivity contribution in [2.45, 2.75) is 230 Å². The summed E-state index contributed by atoms with van der Waals surface area (Å²) in [5, 5.41) is 75.9. The molecule has 45 heteroatoms. The molecule has 1 fully saturated rings. The standard InChI is InChI=1S/C74H123N25O19S/c1-9-39(7)57(70(116)95-49(29-37(3)4)65(111)91-48(23-24-55(103)104)62(108)94-51(31-42-32-81-36-87-42)66(112)96-53(35-119)71(117)118)98-64(110)47(18-14-28-85-74(79)80)89-61(107)45(16-12-26-83-72(75)76)92-69(115)58(40(8)10-2)99-68(114)56(38(5)6)97-63(109)46(17-13-27-84-73(77)78)90-67(113)52(34-100)88-54(102)33-86-59(105)50(30-41-19-21-43(101)22-20-41)93-60(106)44-15-11-25-82-44/h19-22,32,36-40,44-53,56-58,82,100-101,119H,9-18,23-31,33-35H2,1-8H3,(H,81,87)(H,86,105)(H,88,102)(H,89,107)(H,90,113)(H,91,111)(H,92,115)(H,93,106)(H,94,108)(H,95,116)(H,96,112)(H,97,109)(H,98,110)(H,99,114)(H,103,104)(H,117,118)(H4,75,76,83)(H4,77,78,84)(H4,79,80,85)/t39-,40-,44-,45-,46-,47-,48-,49-,50-,51-,52-,53-,56-,57-,58-/m0/s1. The van der Waals surface area contributed by atoms with Crippen LogP contribution < -0.4 is 109 Å². The number of hydrogen-bond acceptors (Lipinski definition) is 23. The largest absolute Gasteiger partial charge is 0.508 e. The predicted molar refractivity (Wildman–Crippen MR) is 440 cm³/mol. The summed E-state index contributed by atoms with van der Waals surface area (Å²) in [5.41, 5.74) is 34.5. The Morgan fingerprint density at radius 1 is 0.513 bits per heavy atom. The number of amides is 13. The molecule has 664 valence electrons. The molecule has 0 bridgehead atoms. The number of aromatic nitrogens is 2. The van der Waals surface area contributed by atoms with E-state index in [-0.39, 0.29) is 126 Å². The second kappa shape index (κ2) is 52.9. The number of carboxylic acids is 2. The zero-order valence-electron chi connectivity index (χ0n) is 68.4. The number of aliphatic carboxylic acids is 2. The maximum Gasteiger partial charge on any atom is 0.327 e. The lowest BCUT2D eigenvalue weighted by Crippen LogP contribution is -2.62. The molecule has 3 rings (SSSR count). The molecule has 1 aliphatic heterocycles. The summed E-state index contributed by atoms with van der Waals surface area (Å²) in [6.45, 7) is 11.8. The van der Waals surface area contributed by atoms with Gasteiger partial charge in [-0.3, -0.25) is 82.1 Å². The van der Waals surface area contributed by atoms with Crippen LogP contribution in [0.5, 0.6) is 5.75 Å². The number of carbonyl (C=O) groups excluding carboxylic acids is 13. The van der Waals surface area contributed by atoms with Gasteiger partial charge >= 0.3 is 11.9 Å². The first-order chi connectivity index (χ1) is 56.2. The van der Waals surface area contributed by atoms with Crippen molar-refractivity contribution in [3.8, 4) is 5.75 Å². The topological polar surface area (TPSA) is 727 Å². The van der Waals surface area contributed by atoms with E-state index in [4.69, 9.17) is 34.4 Å². The van der Waals surface area contributed by atoms with Crippen molar-refractivity contribution in [3.05, 3.63) is 48.0 Å². The van der Waals surface area contributed by atoms with Crippen LogP contribution in [0.3, 0.4) is 0 Å². The van der Waals surface area contributed by atoms with E-state index in [9.17, 15) is 92.3 Å². The smallest absolute Gasteiger partial charge is 0.327 e. The lowest BCUT2D eigenvalue weighted by molar-refractivity contribution is -0.141. The lowest BCUT2D eigenvalue weighted by Gasteiger charge is -2.31. The van der Waals surface area contributed by atoms with E-state index in [1.54, 1.807) is 67.5 Å². The van der Waals surface area contributed by atoms with Crippen LogP contribution >= 0.6 is 12.6 Å². The number of aliphatic hydroxyl groups excluding tert-OH is 1. The normalized spacial score (nSPS) is 15.9. The molecule has 0 saturated carbocycles. The number of hydrogen-bond donors (Lipinski definition) is 26. The molecule has 1 saturated heterocycles. The first-order valence-electron chi connectivity index (χ1n) is 39.4. The molecular weight excluding hydrogens is 1580 g/mol. The summed E-state index contributed by atoms with van der Waals surface area (Å²) < 4.78 is 0. The van der Waals surface area contributed by atoms with Crippen LogP contribution in [0, 0.1) is 23.7 Å². The maximum atomic E-state index is 14.9. The van der Waals surface area contributed by atoms with Gasteiger partial charge in [-0.1, -0.05) is 80.4 Å². The van der Waals surface area contributed by atoms with Crippen molar-refractivity contribution in [2.75, 3.05) is 45.1 Å². The number of nitrogens with zero attached hydrogens (tertiary/aromatic N) is 4. The lowest BCUT2D eigenvalue weighted by atomic mass is 9.95. The number of phenolic OH excluding ortho intramolecular Hbond substituents is 1. The molecule has 2 aromatic rings. The number of aromatic amines is 1. The molecule has 1 aromatic heterocycles. The number of imidazole rings is 1. The minimum Gasteiger partial charge on any atom is -0.508 e. The number of nitrogens with one attached hydrogen (secondary N) is 15. The summed E-state index contributed by atoms with van der Waals surface area (Å²) in [4.78, 5) is 227. The fourth-order valence-electron chi connectivity index (χ4n) is 12.1. The molecule has 31 N–H and O–H groups in total. The summed E-state index contributed by atoms with van der Waals surface area (Å²) in [6, 6.07) is -12.8. The summed E-state index contributed by atoms with van der Waals surface area (Å²) in [5.74, 6) is -18.5.